The van der Waals surface area contributed by atoms with Gasteiger partial charge in [0.25, 0.3) is 0 Å². The number of para-hydroxylation sites is 3. The minimum absolute atomic E-state index is 0.724. The molecule has 0 N–H and O–H groups in total. The number of furan rings is 1. The molecule has 5 nitrogen and oxygen atoms in total. The molecule has 0 fully saturated rings. The second-order valence-corrected chi connectivity index (χ2v) is 6.13. The monoisotopic (exact) mass is 340 g/mol. The molecule has 0 aliphatic carbocycles. The normalized spacial score (nSPS) is 11.3. The van der Waals surface area contributed by atoms with Crippen molar-refractivity contribution in [2.75, 3.05) is 0 Å². The Morgan fingerprint density at radius 3 is 2.46 bits per heavy atom. The summed E-state index contributed by atoms with van der Waals surface area (Å²) in [7, 11) is 2.02. The van der Waals surface area contributed by atoms with Crippen LogP contribution in [0, 0.1) is 0 Å². The molecular weight excluding hydrogens is 324 g/mol. The standard InChI is InChI=1S/C21H16N4O/c1-24-18-11-6-5-10-17(18)22-21(24)16-14-25(15-8-3-2-4-9-15)23-20(16)19-12-7-13-26-19/h2-14H,1H3. The molecule has 0 aliphatic heterocycles. The van der Waals surface area contributed by atoms with Gasteiger partial charge >= 0.3 is 0 Å². The Labute approximate surface area is 150 Å². The summed E-state index contributed by atoms with van der Waals surface area (Å²) < 4.78 is 9.59. The molecule has 0 atom stereocenters. The highest BCUT2D eigenvalue weighted by Crippen LogP contribution is 2.33. The molecule has 3 aromatic heterocycles. The number of aryl methyl sites for hydroxylation is 1. The molecule has 0 bridgehead atoms. The van der Waals surface area contributed by atoms with E-state index < -0.39 is 0 Å². The van der Waals surface area contributed by atoms with Gasteiger partial charge in [0, 0.05) is 13.2 Å². The van der Waals surface area contributed by atoms with E-state index in [1.807, 2.05) is 78.6 Å². The van der Waals surface area contributed by atoms with Gasteiger partial charge in [-0.2, -0.15) is 5.10 Å². The lowest BCUT2D eigenvalue weighted by Gasteiger charge is -2.01. The summed E-state index contributed by atoms with van der Waals surface area (Å²) in [6.45, 7) is 0. The largest absolute Gasteiger partial charge is 0.463 e. The zero-order valence-electron chi connectivity index (χ0n) is 14.2. The highest BCUT2D eigenvalue weighted by atomic mass is 16.3. The molecule has 26 heavy (non-hydrogen) atoms. The quantitative estimate of drug-likeness (QED) is 0.479. The van der Waals surface area contributed by atoms with Crippen molar-refractivity contribution in [1.82, 2.24) is 19.3 Å². The number of fused-ring (bicyclic) bond motifs is 1. The van der Waals surface area contributed by atoms with E-state index in [4.69, 9.17) is 14.5 Å². The van der Waals surface area contributed by atoms with Gasteiger partial charge in [0.05, 0.1) is 28.5 Å². The fraction of sp³-hybridized carbons (Fsp3) is 0.0476. The van der Waals surface area contributed by atoms with Gasteiger partial charge in [-0.1, -0.05) is 30.3 Å². The lowest BCUT2D eigenvalue weighted by molar-refractivity contribution is 0.579. The predicted octanol–water partition coefficient (Wildman–Crippen LogP) is 4.69. The topological polar surface area (TPSA) is 48.8 Å². The van der Waals surface area contributed by atoms with Crippen molar-refractivity contribution >= 4 is 11.0 Å². The van der Waals surface area contributed by atoms with Crippen LogP contribution in [0.5, 0.6) is 0 Å². The first kappa shape index (κ1) is 14.7. The second kappa shape index (κ2) is 5.74. The third-order valence-corrected chi connectivity index (χ3v) is 4.52. The molecule has 0 amide bonds. The first-order chi connectivity index (χ1) is 12.8. The van der Waals surface area contributed by atoms with E-state index in [2.05, 4.69) is 10.6 Å². The van der Waals surface area contributed by atoms with Crippen LogP contribution in [0.3, 0.4) is 0 Å². The zero-order chi connectivity index (χ0) is 17.5. The van der Waals surface area contributed by atoms with E-state index in [1.165, 1.54) is 0 Å². The fourth-order valence-electron chi connectivity index (χ4n) is 3.23. The Morgan fingerprint density at radius 1 is 0.885 bits per heavy atom. The van der Waals surface area contributed by atoms with Gasteiger partial charge in [0.2, 0.25) is 0 Å². The number of benzene rings is 2. The maximum atomic E-state index is 5.63. The average molecular weight is 340 g/mol. The molecule has 2 aromatic carbocycles. The molecule has 5 rings (SSSR count). The molecule has 0 aliphatic rings. The minimum Gasteiger partial charge on any atom is -0.463 e. The molecule has 3 heterocycles. The van der Waals surface area contributed by atoms with Gasteiger partial charge in [-0.25, -0.2) is 9.67 Å². The van der Waals surface area contributed by atoms with Crippen LogP contribution >= 0.6 is 0 Å². The summed E-state index contributed by atoms with van der Waals surface area (Å²) in [5, 5.41) is 4.78. The van der Waals surface area contributed by atoms with Crippen molar-refractivity contribution < 1.29 is 4.42 Å². The van der Waals surface area contributed by atoms with Gasteiger partial charge in [0.1, 0.15) is 11.5 Å². The Hall–Kier alpha value is -3.60. The molecule has 126 valence electrons. The van der Waals surface area contributed by atoms with Crippen LogP contribution in [-0.2, 0) is 7.05 Å². The lowest BCUT2D eigenvalue weighted by Crippen LogP contribution is -1.93. The highest BCUT2D eigenvalue weighted by Gasteiger charge is 2.20. The van der Waals surface area contributed by atoms with Crippen molar-refractivity contribution in [2.24, 2.45) is 7.05 Å². The number of nitrogens with zero attached hydrogens (tertiary/aromatic N) is 4. The van der Waals surface area contributed by atoms with E-state index in [-0.39, 0.29) is 0 Å². The molecule has 5 aromatic rings. The van der Waals surface area contributed by atoms with Crippen LogP contribution in [0.15, 0.2) is 83.6 Å². The summed E-state index contributed by atoms with van der Waals surface area (Å²) in [6, 6.07) is 21.9. The predicted molar refractivity (Wildman–Crippen MR) is 101 cm³/mol. The minimum atomic E-state index is 0.724. The van der Waals surface area contributed by atoms with Gasteiger partial charge in [-0.15, -0.1) is 0 Å². The van der Waals surface area contributed by atoms with E-state index in [0.29, 0.717) is 0 Å². The molecule has 0 spiro atoms. The van der Waals surface area contributed by atoms with E-state index in [0.717, 1.165) is 39.6 Å². The Balaban J connectivity index is 1.77. The summed E-state index contributed by atoms with van der Waals surface area (Å²) >= 11 is 0. The maximum Gasteiger partial charge on any atom is 0.154 e. The van der Waals surface area contributed by atoms with Crippen LogP contribution in [0.2, 0.25) is 0 Å². The van der Waals surface area contributed by atoms with Crippen LogP contribution in [-0.4, -0.2) is 19.3 Å². The summed E-state index contributed by atoms with van der Waals surface area (Å²) in [4.78, 5) is 4.83. The Morgan fingerprint density at radius 2 is 1.69 bits per heavy atom. The number of hydrogen-bond acceptors (Lipinski definition) is 3. The fourth-order valence-corrected chi connectivity index (χ4v) is 3.23. The smallest absolute Gasteiger partial charge is 0.154 e. The van der Waals surface area contributed by atoms with Crippen LogP contribution in [0.4, 0.5) is 0 Å². The van der Waals surface area contributed by atoms with Crippen molar-refractivity contribution in [1.29, 1.82) is 0 Å². The number of rotatable bonds is 3. The van der Waals surface area contributed by atoms with Crippen LogP contribution in [0.25, 0.3) is 39.6 Å². The number of aromatic nitrogens is 4. The van der Waals surface area contributed by atoms with Crippen molar-refractivity contribution in [2.45, 2.75) is 0 Å². The molecular formula is C21H16N4O. The molecule has 0 unspecified atom stereocenters. The SMILES string of the molecule is Cn1c(-c2cn(-c3ccccc3)nc2-c2ccco2)nc2ccccc21. The third-order valence-electron chi connectivity index (χ3n) is 4.52. The van der Waals surface area contributed by atoms with E-state index >= 15 is 0 Å². The summed E-state index contributed by atoms with van der Waals surface area (Å²) in [5.41, 5.74) is 4.74. The van der Waals surface area contributed by atoms with E-state index in [1.54, 1.807) is 6.26 Å². The Bertz CT molecular complexity index is 1180. The van der Waals surface area contributed by atoms with E-state index in [9.17, 15) is 0 Å². The number of hydrogen-bond donors (Lipinski definition) is 0. The average Bonchev–Trinajstić information content (AvgIpc) is 3.41. The van der Waals surface area contributed by atoms with Gasteiger partial charge in [0.15, 0.2) is 5.76 Å². The van der Waals surface area contributed by atoms with Gasteiger partial charge in [-0.3, -0.25) is 0 Å². The molecule has 0 radical (unpaired) electrons. The second-order valence-electron chi connectivity index (χ2n) is 6.13. The lowest BCUT2D eigenvalue weighted by atomic mass is 10.2. The third kappa shape index (κ3) is 2.25. The molecule has 0 saturated heterocycles. The maximum absolute atomic E-state index is 5.63. The van der Waals surface area contributed by atoms with Gasteiger partial charge < -0.3 is 8.98 Å². The zero-order valence-corrected chi connectivity index (χ0v) is 14.2. The van der Waals surface area contributed by atoms with Crippen LogP contribution < -0.4 is 0 Å². The Kier molecular flexibility index (Phi) is 3.25. The highest BCUT2D eigenvalue weighted by molar-refractivity contribution is 5.84. The summed E-state index contributed by atoms with van der Waals surface area (Å²) in [5.74, 6) is 1.58. The van der Waals surface area contributed by atoms with Crippen molar-refractivity contribution in [3.8, 4) is 28.5 Å². The van der Waals surface area contributed by atoms with Gasteiger partial charge in [-0.05, 0) is 36.4 Å². The first-order valence-corrected chi connectivity index (χ1v) is 8.42. The first-order valence-electron chi connectivity index (χ1n) is 8.42. The number of imidazole rings is 1. The molecule has 0 saturated carbocycles. The molecule has 5 heteroatoms. The van der Waals surface area contributed by atoms with Crippen LogP contribution in [0.1, 0.15) is 0 Å². The van der Waals surface area contributed by atoms with Crippen molar-refractivity contribution in [3.63, 3.8) is 0 Å². The van der Waals surface area contributed by atoms with Crippen molar-refractivity contribution in [3.05, 3.63) is 79.2 Å². The summed E-state index contributed by atoms with van der Waals surface area (Å²) in [6.07, 6.45) is 3.67.